The van der Waals surface area contributed by atoms with Crippen LogP contribution >= 0.6 is 0 Å². The van der Waals surface area contributed by atoms with Gasteiger partial charge < -0.3 is 30.5 Å². The van der Waals surface area contributed by atoms with Crippen molar-refractivity contribution >= 4 is 34.9 Å². The maximum absolute atomic E-state index is 12.8. The van der Waals surface area contributed by atoms with Crippen LogP contribution in [0, 0.1) is 0 Å². The van der Waals surface area contributed by atoms with Crippen molar-refractivity contribution in [3.8, 4) is 5.75 Å². The lowest BCUT2D eigenvalue weighted by Gasteiger charge is -2.34. The van der Waals surface area contributed by atoms with Crippen LogP contribution in [0.2, 0.25) is 0 Å². The number of pyridine rings is 1. The molecule has 5 rings (SSSR count). The molecule has 10 heteroatoms. The minimum Gasteiger partial charge on any atom is -0.491 e. The molecule has 1 amide bonds. The first kappa shape index (κ1) is 24.5. The lowest BCUT2D eigenvalue weighted by Crippen LogP contribution is -2.44. The number of amides is 1. The van der Waals surface area contributed by atoms with E-state index in [-0.39, 0.29) is 11.8 Å². The number of carbonyl (C=O) groups is 1. The van der Waals surface area contributed by atoms with Crippen LogP contribution < -0.4 is 25.6 Å². The molecule has 0 radical (unpaired) electrons. The summed E-state index contributed by atoms with van der Waals surface area (Å²) in [6.45, 7) is 10.8. The van der Waals surface area contributed by atoms with Crippen LogP contribution in [0.15, 0.2) is 55.3 Å². The number of likely N-dealkylation sites (N-methyl/N-ethyl adjacent to an activating group) is 1. The fourth-order valence-electron chi connectivity index (χ4n) is 4.33. The second-order valence-electron chi connectivity index (χ2n) is 9.33. The number of nitrogens with one attached hydrogen (secondary N) is 3. The molecule has 1 fully saturated rings. The van der Waals surface area contributed by atoms with Gasteiger partial charge in [0.25, 0.3) is 5.91 Å². The number of hydrogen-bond acceptors (Lipinski definition) is 9. The highest BCUT2D eigenvalue weighted by Gasteiger charge is 2.23. The van der Waals surface area contributed by atoms with Gasteiger partial charge in [-0.1, -0.05) is 13.0 Å². The second-order valence-corrected chi connectivity index (χ2v) is 9.33. The smallest absolute Gasteiger partial charge is 0.256 e. The van der Waals surface area contributed by atoms with E-state index in [1.807, 2.05) is 24.3 Å². The maximum atomic E-state index is 12.8. The number of nitrogens with zero attached hydrogens (tertiary/aromatic N) is 5. The summed E-state index contributed by atoms with van der Waals surface area (Å²) in [6.07, 6.45) is 3.13. The Hall–Kier alpha value is -4.18. The minimum absolute atomic E-state index is 0.198. The molecule has 2 aromatic heterocycles. The van der Waals surface area contributed by atoms with Gasteiger partial charge in [-0.05, 0) is 43.4 Å². The van der Waals surface area contributed by atoms with Gasteiger partial charge in [-0.25, -0.2) is 9.97 Å². The molecule has 0 spiro atoms. The van der Waals surface area contributed by atoms with Crippen LogP contribution in [0.1, 0.15) is 28.9 Å². The van der Waals surface area contributed by atoms with E-state index in [0.717, 1.165) is 43.3 Å². The van der Waals surface area contributed by atoms with Gasteiger partial charge in [0.05, 0.1) is 12.3 Å². The third kappa shape index (κ3) is 5.64. The number of hydrogen-bond donors (Lipinski definition) is 3. The van der Waals surface area contributed by atoms with Crippen molar-refractivity contribution in [1.29, 1.82) is 0 Å². The number of piperazine rings is 1. The Kier molecular flexibility index (Phi) is 7.18. The predicted octanol–water partition coefficient (Wildman–Crippen LogP) is 3.52. The predicted molar refractivity (Wildman–Crippen MR) is 145 cm³/mol. The molecule has 4 heterocycles. The van der Waals surface area contributed by atoms with Gasteiger partial charge in [0.15, 0.2) is 0 Å². The Labute approximate surface area is 216 Å². The molecule has 1 saturated heterocycles. The van der Waals surface area contributed by atoms with Crippen LogP contribution in [0.3, 0.4) is 0 Å². The number of benzene rings is 1. The lowest BCUT2D eigenvalue weighted by molar-refractivity contribution is 0.0958. The molecule has 0 bridgehead atoms. The van der Waals surface area contributed by atoms with Gasteiger partial charge in [-0.3, -0.25) is 4.79 Å². The van der Waals surface area contributed by atoms with E-state index in [4.69, 9.17) is 9.72 Å². The van der Waals surface area contributed by atoms with E-state index in [2.05, 4.69) is 68.4 Å². The zero-order chi connectivity index (χ0) is 25.8. The Morgan fingerprint density at radius 2 is 1.89 bits per heavy atom. The second kappa shape index (κ2) is 10.8. The van der Waals surface area contributed by atoms with Crippen LogP contribution in [0.4, 0.5) is 29.0 Å². The van der Waals surface area contributed by atoms with Crippen molar-refractivity contribution < 1.29 is 9.53 Å². The monoisotopic (exact) mass is 500 g/mol. The van der Waals surface area contributed by atoms with Gasteiger partial charge in [0.2, 0.25) is 5.95 Å². The van der Waals surface area contributed by atoms with E-state index in [1.165, 1.54) is 11.9 Å². The fourth-order valence-corrected chi connectivity index (χ4v) is 4.33. The lowest BCUT2D eigenvalue weighted by atomic mass is 10.1. The average Bonchev–Trinajstić information content (AvgIpc) is 3.28. The van der Waals surface area contributed by atoms with Crippen molar-refractivity contribution in [3.63, 3.8) is 0 Å². The first-order chi connectivity index (χ1) is 18.0. The van der Waals surface area contributed by atoms with E-state index >= 15 is 0 Å². The summed E-state index contributed by atoms with van der Waals surface area (Å²) in [4.78, 5) is 31.2. The van der Waals surface area contributed by atoms with Crippen LogP contribution in [-0.2, 0) is 0 Å². The number of fused-ring (bicyclic) bond motifs is 1. The first-order valence-corrected chi connectivity index (χ1v) is 12.5. The van der Waals surface area contributed by atoms with Crippen molar-refractivity contribution in [1.82, 2.24) is 25.2 Å². The summed E-state index contributed by atoms with van der Waals surface area (Å²) < 4.78 is 5.65. The van der Waals surface area contributed by atoms with E-state index in [9.17, 15) is 4.79 Å². The topological polar surface area (TPSA) is 108 Å². The minimum atomic E-state index is -0.302. The first-order valence-electron chi connectivity index (χ1n) is 12.5. The summed E-state index contributed by atoms with van der Waals surface area (Å²) in [5.74, 6) is 1.98. The number of anilines is 5. The van der Waals surface area contributed by atoms with Crippen molar-refractivity contribution in [2.45, 2.75) is 12.8 Å². The fraction of sp³-hybridized carbons (Fsp3) is 0.333. The van der Waals surface area contributed by atoms with Gasteiger partial charge in [-0.2, -0.15) is 4.98 Å². The number of carbonyl (C=O) groups excluding carboxylic acids is 1. The van der Waals surface area contributed by atoms with Crippen molar-refractivity contribution in [2.75, 3.05) is 61.9 Å². The Balaban J connectivity index is 1.36. The molecule has 2 aliphatic heterocycles. The normalized spacial score (nSPS) is 17.0. The summed E-state index contributed by atoms with van der Waals surface area (Å²) in [5.41, 5.74) is 3.24. The molecule has 3 aromatic rings. The molecule has 37 heavy (non-hydrogen) atoms. The molecule has 10 nitrogen and oxygen atoms in total. The van der Waals surface area contributed by atoms with Gasteiger partial charge in [0, 0.05) is 56.2 Å². The molecule has 0 saturated carbocycles. The van der Waals surface area contributed by atoms with Crippen LogP contribution in [0.25, 0.3) is 0 Å². The highest BCUT2D eigenvalue weighted by atomic mass is 16.5. The molecular formula is C27H32N8O2. The Bertz CT molecular complexity index is 1270. The summed E-state index contributed by atoms with van der Waals surface area (Å²) in [5, 5.41) is 9.24. The molecule has 2 aliphatic rings. The summed E-state index contributed by atoms with van der Waals surface area (Å²) in [7, 11) is 2.15. The Morgan fingerprint density at radius 1 is 1.11 bits per heavy atom. The average molecular weight is 501 g/mol. The van der Waals surface area contributed by atoms with Gasteiger partial charge in [0.1, 0.15) is 22.9 Å². The van der Waals surface area contributed by atoms with E-state index in [0.29, 0.717) is 36.3 Å². The molecular weight excluding hydrogens is 468 g/mol. The highest BCUT2D eigenvalue weighted by molar-refractivity contribution is 5.99. The summed E-state index contributed by atoms with van der Waals surface area (Å²) >= 11 is 0. The molecule has 1 unspecified atom stereocenters. The maximum Gasteiger partial charge on any atom is 0.256 e. The standard InChI is InChI=1S/C27H32N8O2/c1-4-11-28-26(36)21-16-29-27(30-19-5-7-20(8-6-19)35-14-12-34(3)13-15-35)33-25(21)32-23-10-9-22-24(31-23)18(2)17-37-22/h4-10,16,18H,1,11-15,17H2,2-3H3,(H,28,36)(H2,29,30,31,32,33). The molecule has 192 valence electrons. The van der Waals surface area contributed by atoms with Crippen LogP contribution in [0.5, 0.6) is 5.75 Å². The Morgan fingerprint density at radius 3 is 2.65 bits per heavy atom. The molecule has 1 atom stereocenters. The van der Waals surface area contributed by atoms with Gasteiger partial charge >= 0.3 is 0 Å². The van der Waals surface area contributed by atoms with Gasteiger partial charge in [-0.15, -0.1) is 6.58 Å². The van der Waals surface area contributed by atoms with E-state index < -0.39 is 0 Å². The van der Waals surface area contributed by atoms with Crippen molar-refractivity contribution in [2.24, 2.45) is 0 Å². The molecule has 3 N–H and O–H groups in total. The van der Waals surface area contributed by atoms with Crippen LogP contribution in [-0.4, -0.2) is 72.1 Å². The van der Waals surface area contributed by atoms with Crippen molar-refractivity contribution in [3.05, 3.63) is 66.5 Å². The summed E-state index contributed by atoms with van der Waals surface area (Å²) in [6, 6.07) is 11.9. The third-order valence-corrected chi connectivity index (χ3v) is 6.52. The number of rotatable bonds is 8. The SMILES string of the molecule is C=CCNC(=O)c1cnc(Nc2ccc(N3CCN(C)CC3)cc2)nc1Nc1ccc2c(n1)C(C)CO2. The number of ether oxygens (including phenoxy) is 1. The highest BCUT2D eigenvalue weighted by Crippen LogP contribution is 2.33. The molecule has 0 aliphatic carbocycles. The quantitative estimate of drug-likeness (QED) is 0.401. The third-order valence-electron chi connectivity index (χ3n) is 6.52. The number of aromatic nitrogens is 3. The van der Waals surface area contributed by atoms with E-state index in [1.54, 1.807) is 6.08 Å². The molecule has 1 aromatic carbocycles. The zero-order valence-corrected chi connectivity index (χ0v) is 21.2. The largest absolute Gasteiger partial charge is 0.491 e. The zero-order valence-electron chi connectivity index (χ0n) is 21.2.